The highest BCUT2D eigenvalue weighted by Crippen LogP contribution is 2.70. The molecule has 4 aliphatic heterocycles. The predicted molar refractivity (Wildman–Crippen MR) is 246 cm³/mol. The van der Waals surface area contributed by atoms with Crippen LogP contribution in [0.1, 0.15) is 120 Å². The molecule has 4 aliphatic carbocycles. The molecule has 0 amide bonds. The van der Waals surface area contributed by atoms with E-state index in [0.29, 0.717) is 51.4 Å². The molecule has 4 saturated heterocycles. The minimum atomic E-state index is -1.63. The molecule has 0 aromatic rings. The molecule has 0 spiro atoms. The third-order valence-electron chi connectivity index (χ3n) is 18.3. The van der Waals surface area contributed by atoms with Crippen molar-refractivity contribution < 1.29 is 91.6 Å². The maximum atomic E-state index is 13.0. The first-order chi connectivity index (χ1) is 33.1. The zero-order chi connectivity index (χ0) is 50.8. The van der Waals surface area contributed by atoms with E-state index in [1.807, 2.05) is 27.7 Å². The maximum absolute atomic E-state index is 13.0. The van der Waals surface area contributed by atoms with Crippen LogP contribution in [0, 0.1) is 22.7 Å². The predicted octanol–water partition coefficient (Wildman–Crippen LogP) is 3.40. The SMILES string of the molecule is COC1CC(OC2CCC3(C)C(=CCC4(O)C3CC(OC(C)=O)C3(C)C(C(C)=O)CCC43O)C2)OC(C)C1OC1CC(OC)C(OC2CC(OC)C(OC3OC(C)C(O)C(OC)C3O)C(C)O2)C(C)O1. The van der Waals surface area contributed by atoms with E-state index in [9.17, 15) is 30.0 Å². The van der Waals surface area contributed by atoms with Crippen LogP contribution in [0.15, 0.2) is 11.6 Å². The highest BCUT2D eigenvalue weighted by molar-refractivity contribution is 5.80. The molecule has 3 saturated carbocycles. The lowest BCUT2D eigenvalue weighted by atomic mass is 9.43. The molecule has 400 valence electrons. The lowest BCUT2D eigenvalue weighted by molar-refractivity contribution is -0.355. The summed E-state index contributed by atoms with van der Waals surface area (Å²) in [6, 6.07) is 0. The van der Waals surface area contributed by atoms with Crippen molar-refractivity contribution in [1.82, 2.24) is 0 Å². The summed E-state index contributed by atoms with van der Waals surface area (Å²) in [5, 5.41) is 46.8. The number of methoxy groups -OCH3 is 4. The van der Waals surface area contributed by atoms with Gasteiger partial charge in [0, 0.05) is 71.9 Å². The molecule has 19 heteroatoms. The van der Waals surface area contributed by atoms with Crippen molar-refractivity contribution in [1.29, 1.82) is 0 Å². The fourth-order valence-electron chi connectivity index (χ4n) is 14.4. The molecule has 25 unspecified atom stereocenters. The van der Waals surface area contributed by atoms with Gasteiger partial charge in [-0.3, -0.25) is 9.59 Å². The average molecular weight is 999 g/mol. The van der Waals surface area contributed by atoms with Crippen LogP contribution in [0.2, 0.25) is 0 Å². The zero-order valence-corrected chi connectivity index (χ0v) is 43.2. The molecule has 70 heavy (non-hydrogen) atoms. The van der Waals surface area contributed by atoms with Crippen molar-refractivity contribution in [2.45, 2.75) is 248 Å². The number of aliphatic hydroxyl groups is 4. The Morgan fingerprint density at radius 1 is 0.643 bits per heavy atom. The summed E-state index contributed by atoms with van der Waals surface area (Å²) >= 11 is 0. The van der Waals surface area contributed by atoms with Crippen LogP contribution in [-0.4, -0.2) is 189 Å². The number of carbonyl (C=O) groups excluding carboxylic acids is 2. The van der Waals surface area contributed by atoms with Crippen molar-refractivity contribution in [3.8, 4) is 0 Å². The van der Waals surface area contributed by atoms with Gasteiger partial charge >= 0.3 is 5.97 Å². The van der Waals surface area contributed by atoms with E-state index >= 15 is 0 Å². The number of hydrogen-bond acceptors (Lipinski definition) is 19. The molecule has 0 aromatic carbocycles. The Bertz CT molecular complexity index is 1870. The summed E-state index contributed by atoms with van der Waals surface area (Å²) < 4.78 is 80.6. The third kappa shape index (κ3) is 9.50. The van der Waals surface area contributed by atoms with Gasteiger partial charge in [-0.2, -0.15) is 0 Å². The number of carbonyl (C=O) groups is 2. The van der Waals surface area contributed by atoms with Crippen LogP contribution < -0.4 is 0 Å². The van der Waals surface area contributed by atoms with Crippen molar-refractivity contribution in [3.05, 3.63) is 11.6 Å². The third-order valence-corrected chi connectivity index (χ3v) is 18.3. The number of ether oxygens (including phenoxy) is 13. The molecule has 0 bridgehead atoms. The van der Waals surface area contributed by atoms with Crippen molar-refractivity contribution in [2.75, 3.05) is 28.4 Å². The van der Waals surface area contributed by atoms with Crippen LogP contribution in [0.25, 0.3) is 0 Å². The Balaban J connectivity index is 0.858. The summed E-state index contributed by atoms with van der Waals surface area (Å²) in [5.41, 5.74) is -3.63. The van der Waals surface area contributed by atoms with Crippen LogP contribution >= 0.6 is 0 Å². The molecule has 25 atom stereocenters. The normalized spacial score (nSPS) is 51.7. The van der Waals surface area contributed by atoms with Gasteiger partial charge in [0.25, 0.3) is 0 Å². The van der Waals surface area contributed by atoms with Gasteiger partial charge in [-0.1, -0.05) is 25.5 Å². The second kappa shape index (κ2) is 21.1. The molecular formula is C51H82O19. The number of Topliss-reactive ketones (excluding diaryl/α,β-unsaturated/α-hetero) is 1. The molecule has 8 rings (SSSR count). The largest absolute Gasteiger partial charge is 0.462 e. The zero-order valence-electron chi connectivity index (χ0n) is 43.2. The summed E-state index contributed by atoms with van der Waals surface area (Å²) in [7, 11) is 6.27. The van der Waals surface area contributed by atoms with E-state index in [1.165, 1.54) is 21.0 Å². The Morgan fingerprint density at radius 2 is 1.17 bits per heavy atom. The van der Waals surface area contributed by atoms with E-state index in [1.54, 1.807) is 28.3 Å². The number of aliphatic hydroxyl groups excluding tert-OH is 2. The summed E-state index contributed by atoms with van der Waals surface area (Å²) in [5.74, 6) is -1.49. The van der Waals surface area contributed by atoms with Gasteiger partial charge < -0.3 is 82.0 Å². The molecule has 8 aliphatic rings. The summed E-state index contributed by atoms with van der Waals surface area (Å²) in [6.07, 6.45) is -5.70. The number of ketones is 1. The lowest BCUT2D eigenvalue weighted by Crippen LogP contribution is -2.75. The molecule has 0 aromatic heterocycles. The van der Waals surface area contributed by atoms with Gasteiger partial charge in [0.05, 0.1) is 48.8 Å². The molecule has 19 nitrogen and oxygen atoms in total. The first-order valence-electron chi connectivity index (χ1n) is 25.6. The van der Waals surface area contributed by atoms with Crippen molar-refractivity contribution in [2.24, 2.45) is 22.7 Å². The summed E-state index contributed by atoms with van der Waals surface area (Å²) in [4.78, 5) is 25.5. The van der Waals surface area contributed by atoms with E-state index in [4.69, 9.17) is 61.6 Å². The molecule has 0 radical (unpaired) electrons. The van der Waals surface area contributed by atoms with Gasteiger partial charge in [-0.05, 0) is 85.0 Å². The second-order valence-corrected chi connectivity index (χ2v) is 22.0. The Morgan fingerprint density at radius 3 is 1.67 bits per heavy atom. The number of rotatable bonds is 14. The number of esters is 1. The summed E-state index contributed by atoms with van der Waals surface area (Å²) in [6.45, 7) is 14.2. The van der Waals surface area contributed by atoms with Gasteiger partial charge in [-0.15, -0.1) is 0 Å². The Kier molecular flexibility index (Phi) is 16.4. The fourth-order valence-corrected chi connectivity index (χ4v) is 14.4. The fraction of sp³-hybridized carbons (Fsp3) is 0.922. The molecular weight excluding hydrogens is 917 g/mol. The second-order valence-electron chi connectivity index (χ2n) is 22.0. The maximum Gasteiger partial charge on any atom is 0.302 e. The smallest absolute Gasteiger partial charge is 0.302 e. The van der Waals surface area contributed by atoms with Crippen LogP contribution in [-0.2, 0) is 71.2 Å². The van der Waals surface area contributed by atoms with E-state index in [2.05, 4.69) is 13.0 Å². The molecule has 4 heterocycles. The number of fused-ring (bicyclic) bond motifs is 5. The molecule has 4 N–H and O–H groups in total. The Labute approximate surface area is 412 Å². The van der Waals surface area contributed by atoms with Gasteiger partial charge in [0.15, 0.2) is 25.2 Å². The number of hydrogen-bond donors (Lipinski definition) is 4. The highest BCUT2D eigenvalue weighted by Gasteiger charge is 2.77. The highest BCUT2D eigenvalue weighted by atomic mass is 16.8. The van der Waals surface area contributed by atoms with Crippen molar-refractivity contribution >= 4 is 11.8 Å². The Hall–Kier alpha value is -1.76. The minimum absolute atomic E-state index is 0.0720. The van der Waals surface area contributed by atoms with Gasteiger partial charge in [0.1, 0.15) is 59.7 Å². The first kappa shape index (κ1) is 54.5. The van der Waals surface area contributed by atoms with E-state index in [0.717, 1.165) is 5.57 Å². The topological polar surface area (TPSA) is 235 Å². The van der Waals surface area contributed by atoms with Gasteiger partial charge in [0.2, 0.25) is 0 Å². The van der Waals surface area contributed by atoms with Crippen molar-refractivity contribution in [3.63, 3.8) is 0 Å². The van der Waals surface area contributed by atoms with Crippen LogP contribution in [0.3, 0.4) is 0 Å². The van der Waals surface area contributed by atoms with E-state index < -0.39 is 144 Å². The van der Waals surface area contributed by atoms with Gasteiger partial charge in [-0.25, -0.2) is 0 Å². The molecule has 7 fully saturated rings. The first-order valence-corrected chi connectivity index (χ1v) is 25.6. The average Bonchev–Trinajstić information content (AvgIpc) is 3.61. The minimum Gasteiger partial charge on any atom is -0.462 e. The van der Waals surface area contributed by atoms with E-state index in [-0.39, 0.29) is 30.8 Å². The lowest BCUT2D eigenvalue weighted by Gasteiger charge is -2.66. The monoisotopic (exact) mass is 999 g/mol. The quantitative estimate of drug-likeness (QED) is 0.144. The van der Waals surface area contributed by atoms with Crippen LogP contribution in [0.4, 0.5) is 0 Å². The van der Waals surface area contributed by atoms with Crippen LogP contribution in [0.5, 0.6) is 0 Å². The standard InChI is InChI=1S/C51H82O19/c1-24(52)32-15-18-51(57)49(32,8)37(66-29(6)53)23-36-48(7)16-14-31(19-30(48)13-17-50(36,51)56)67-38-20-33(58-9)43(26(3)62-38)68-39-21-34(59-10)44(27(4)63-39)69-40-22-35(60-11)45(28(5)64-40)70-47-42(55)46(61-12)41(54)25(2)65-47/h13,25-28,31-47,54-57H,14-23H2,1-12H3.